The van der Waals surface area contributed by atoms with Gasteiger partial charge in [0.15, 0.2) is 0 Å². The summed E-state index contributed by atoms with van der Waals surface area (Å²) in [6, 6.07) is 0. The first-order valence-electron chi connectivity index (χ1n) is 7.04. The normalized spacial score (nSPS) is 21.9. The van der Waals surface area contributed by atoms with Gasteiger partial charge in [0, 0.05) is 50.2 Å². The SMILES string of the molecule is CC(C)(O)CN1CCN(c2nc(C3CC3)ns2)CC1. The van der Waals surface area contributed by atoms with Crippen LogP contribution in [-0.4, -0.2) is 57.7 Å². The van der Waals surface area contributed by atoms with Crippen LogP contribution in [0.5, 0.6) is 0 Å². The lowest BCUT2D eigenvalue weighted by molar-refractivity contribution is 0.0345. The van der Waals surface area contributed by atoms with Crippen LogP contribution in [0.3, 0.4) is 0 Å². The van der Waals surface area contributed by atoms with Crippen molar-refractivity contribution in [2.75, 3.05) is 37.6 Å². The Bertz CT molecular complexity index is 430. The summed E-state index contributed by atoms with van der Waals surface area (Å²) >= 11 is 1.54. The molecule has 2 aliphatic rings. The zero-order valence-corrected chi connectivity index (χ0v) is 12.5. The van der Waals surface area contributed by atoms with Crippen LogP contribution < -0.4 is 4.90 Å². The van der Waals surface area contributed by atoms with E-state index in [1.807, 2.05) is 13.8 Å². The summed E-state index contributed by atoms with van der Waals surface area (Å²) < 4.78 is 4.47. The molecular weight excluding hydrogens is 260 g/mol. The highest BCUT2D eigenvalue weighted by Gasteiger charge is 2.29. The molecule has 1 saturated heterocycles. The van der Waals surface area contributed by atoms with E-state index in [1.165, 1.54) is 24.4 Å². The van der Waals surface area contributed by atoms with E-state index < -0.39 is 5.60 Å². The topological polar surface area (TPSA) is 52.5 Å². The van der Waals surface area contributed by atoms with Crippen LogP contribution in [0.15, 0.2) is 0 Å². The second-order valence-electron chi connectivity index (χ2n) is 6.29. The van der Waals surface area contributed by atoms with Crippen molar-refractivity contribution in [1.82, 2.24) is 14.3 Å². The monoisotopic (exact) mass is 282 g/mol. The Morgan fingerprint density at radius 1 is 1.26 bits per heavy atom. The Labute approximate surface area is 118 Å². The lowest BCUT2D eigenvalue weighted by atomic mass is 10.1. The molecule has 1 saturated carbocycles. The minimum atomic E-state index is -0.607. The van der Waals surface area contributed by atoms with Gasteiger partial charge in [0.25, 0.3) is 0 Å². The Morgan fingerprint density at radius 2 is 1.95 bits per heavy atom. The molecule has 1 aliphatic carbocycles. The zero-order valence-electron chi connectivity index (χ0n) is 11.7. The molecule has 0 atom stereocenters. The van der Waals surface area contributed by atoms with E-state index >= 15 is 0 Å². The predicted octanol–water partition coefficient (Wildman–Crippen LogP) is 1.31. The van der Waals surface area contributed by atoms with E-state index in [2.05, 4.69) is 19.2 Å². The van der Waals surface area contributed by atoms with Crippen molar-refractivity contribution >= 4 is 16.7 Å². The number of piperazine rings is 1. The van der Waals surface area contributed by atoms with Crippen molar-refractivity contribution in [3.63, 3.8) is 0 Å². The molecule has 3 rings (SSSR count). The molecule has 0 aromatic carbocycles. The van der Waals surface area contributed by atoms with E-state index in [9.17, 15) is 5.11 Å². The number of nitrogens with zero attached hydrogens (tertiary/aromatic N) is 4. The smallest absolute Gasteiger partial charge is 0.205 e. The molecule has 19 heavy (non-hydrogen) atoms. The van der Waals surface area contributed by atoms with Crippen LogP contribution in [0.1, 0.15) is 38.4 Å². The highest BCUT2D eigenvalue weighted by Crippen LogP contribution is 2.39. The highest BCUT2D eigenvalue weighted by atomic mass is 32.1. The van der Waals surface area contributed by atoms with Gasteiger partial charge in [0.05, 0.1) is 5.60 Å². The van der Waals surface area contributed by atoms with Gasteiger partial charge in [0.1, 0.15) is 5.82 Å². The highest BCUT2D eigenvalue weighted by molar-refractivity contribution is 7.09. The number of hydrogen-bond donors (Lipinski definition) is 1. The standard InChI is InChI=1S/C13H22N4OS/c1-13(2,18)9-16-5-7-17(8-6-16)12-14-11(15-19-12)10-3-4-10/h10,18H,3-9H2,1-2H3. The summed E-state index contributed by atoms with van der Waals surface area (Å²) in [6.07, 6.45) is 2.52. The number of hydrogen-bond acceptors (Lipinski definition) is 6. The van der Waals surface area contributed by atoms with Gasteiger partial charge in [-0.3, -0.25) is 4.90 Å². The molecule has 0 unspecified atom stereocenters. The first-order chi connectivity index (χ1) is 9.01. The minimum Gasteiger partial charge on any atom is -0.389 e. The van der Waals surface area contributed by atoms with E-state index in [0.29, 0.717) is 5.92 Å². The van der Waals surface area contributed by atoms with Gasteiger partial charge in [0.2, 0.25) is 5.13 Å². The van der Waals surface area contributed by atoms with Gasteiger partial charge in [-0.2, -0.15) is 4.37 Å². The lowest BCUT2D eigenvalue weighted by Gasteiger charge is -2.36. The first kappa shape index (κ1) is 13.3. The number of rotatable bonds is 4. The Kier molecular flexibility index (Phi) is 3.49. The van der Waals surface area contributed by atoms with E-state index in [1.54, 1.807) is 0 Å². The fourth-order valence-electron chi connectivity index (χ4n) is 2.51. The third kappa shape index (κ3) is 3.43. The van der Waals surface area contributed by atoms with E-state index in [0.717, 1.165) is 43.7 Å². The maximum absolute atomic E-state index is 9.85. The molecule has 0 radical (unpaired) electrons. The summed E-state index contributed by atoms with van der Waals surface area (Å²) in [5.41, 5.74) is -0.607. The number of aromatic nitrogens is 2. The summed E-state index contributed by atoms with van der Waals surface area (Å²) in [7, 11) is 0. The molecule has 0 spiro atoms. The fraction of sp³-hybridized carbons (Fsp3) is 0.846. The van der Waals surface area contributed by atoms with Crippen molar-refractivity contribution in [3.8, 4) is 0 Å². The largest absolute Gasteiger partial charge is 0.389 e. The van der Waals surface area contributed by atoms with Gasteiger partial charge in [-0.1, -0.05) is 0 Å². The number of aliphatic hydroxyl groups is 1. The molecule has 2 fully saturated rings. The Balaban J connectivity index is 1.54. The number of β-amino-alcohol motifs (C(OH)–C–C–N with tert-alkyl or cyclic N) is 1. The van der Waals surface area contributed by atoms with Crippen LogP contribution in [0.2, 0.25) is 0 Å². The molecule has 1 N–H and O–H groups in total. The van der Waals surface area contributed by atoms with Crippen LogP contribution in [0.4, 0.5) is 5.13 Å². The third-order valence-corrected chi connectivity index (χ3v) is 4.42. The molecular formula is C13H22N4OS. The van der Waals surface area contributed by atoms with E-state index in [-0.39, 0.29) is 0 Å². The predicted molar refractivity (Wildman–Crippen MR) is 76.8 cm³/mol. The van der Waals surface area contributed by atoms with Gasteiger partial charge in [-0.05, 0) is 26.7 Å². The molecule has 5 nitrogen and oxygen atoms in total. The minimum absolute atomic E-state index is 0.607. The maximum atomic E-state index is 9.85. The Morgan fingerprint density at radius 3 is 2.53 bits per heavy atom. The summed E-state index contributed by atoms with van der Waals surface area (Å²) in [4.78, 5) is 9.30. The van der Waals surface area contributed by atoms with Crippen molar-refractivity contribution in [1.29, 1.82) is 0 Å². The van der Waals surface area contributed by atoms with Gasteiger partial charge < -0.3 is 10.0 Å². The average Bonchev–Trinajstić information content (AvgIpc) is 3.07. The number of anilines is 1. The average molecular weight is 282 g/mol. The molecule has 0 bridgehead atoms. The molecule has 2 heterocycles. The van der Waals surface area contributed by atoms with Crippen molar-refractivity contribution < 1.29 is 5.11 Å². The molecule has 1 aliphatic heterocycles. The fourth-order valence-corrected chi connectivity index (χ4v) is 3.30. The lowest BCUT2D eigenvalue weighted by Crippen LogP contribution is -2.50. The maximum Gasteiger partial charge on any atom is 0.205 e. The van der Waals surface area contributed by atoms with E-state index in [4.69, 9.17) is 0 Å². The van der Waals surface area contributed by atoms with Gasteiger partial charge >= 0.3 is 0 Å². The summed E-state index contributed by atoms with van der Waals surface area (Å²) in [6.45, 7) is 8.41. The molecule has 6 heteroatoms. The Hall–Kier alpha value is -0.720. The van der Waals surface area contributed by atoms with Crippen LogP contribution in [-0.2, 0) is 0 Å². The van der Waals surface area contributed by atoms with Crippen molar-refractivity contribution in [2.24, 2.45) is 0 Å². The molecule has 106 valence electrons. The summed E-state index contributed by atoms with van der Waals surface area (Å²) in [5.74, 6) is 1.69. The van der Waals surface area contributed by atoms with Crippen molar-refractivity contribution in [3.05, 3.63) is 5.82 Å². The van der Waals surface area contributed by atoms with Crippen molar-refractivity contribution in [2.45, 2.75) is 38.2 Å². The first-order valence-corrected chi connectivity index (χ1v) is 7.82. The quantitative estimate of drug-likeness (QED) is 0.902. The third-order valence-electron chi connectivity index (χ3n) is 3.63. The van der Waals surface area contributed by atoms with Gasteiger partial charge in [-0.25, -0.2) is 4.98 Å². The zero-order chi connectivity index (χ0) is 13.5. The molecule has 0 amide bonds. The molecule has 1 aromatic heterocycles. The van der Waals surface area contributed by atoms with Gasteiger partial charge in [-0.15, -0.1) is 0 Å². The molecule has 1 aromatic rings. The van der Waals surface area contributed by atoms with Crippen LogP contribution in [0.25, 0.3) is 0 Å². The second-order valence-corrected chi connectivity index (χ2v) is 7.02. The van der Waals surface area contributed by atoms with Crippen LogP contribution >= 0.6 is 11.5 Å². The van der Waals surface area contributed by atoms with Crippen LogP contribution in [0, 0.1) is 0 Å². The summed E-state index contributed by atoms with van der Waals surface area (Å²) in [5, 5.41) is 10.9. The second kappa shape index (κ2) is 5.00.